The van der Waals surface area contributed by atoms with Crippen molar-refractivity contribution >= 4 is 15.9 Å². The predicted molar refractivity (Wildman–Crippen MR) is 101 cm³/mol. The van der Waals surface area contributed by atoms with Gasteiger partial charge in [0.1, 0.15) is 0 Å². The van der Waals surface area contributed by atoms with E-state index in [2.05, 4.69) is 4.72 Å². The second-order valence-electron chi connectivity index (χ2n) is 6.93. The minimum atomic E-state index is -3.53. The minimum absolute atomic E-state index is 0.0652. The Morgan fingerprint density at radius 1 is 1.12 bits per heavy atom. The number of carbonyl (C=O) groups is 1. The van der Waals surface area contributed by atoms with Gasteiger partial charge in [-0.05, 0) is 49.1 Å². The van der Waals surface area contributed by atoms with Gasteiger partial charge in [-0.25, -0.2) is 13.1 Å². The molecule has 0 radical (unpaired) electrons. The van der Waals surface area contributed by atoms with Crippen molar-refractivity contribution in [1.29, 1.82) is 0 Å². The number of sulfonamides is 1. The summed E-state index contributed by atoms with van der Waals surface area (Å²) in [5, 5.41) is 0. The Bertz CT molecular complexity index is 893. The van der Waals surface area contributed by atoms with E-state index < -0.39 is 10.0 Å². The Kier molecular flexibility index (Phi) is 5.44. The SMILES string of the molecule is CC(C)NS(=O)(=O)c1ccc2c(c1)CN(C(=O)Cc1ccccc1)CC2. The van der Waals surface area contributed by atoms with Crippen molar-refractivity contribution in [3.05, 3.63) is 65.2 Å². The number of benzene rings is 2. The summed E-state index contributed by atoms with van der Waals surface area (Å²) in [4.78, 5) is 14.7. The van der Waals surface area contributed by atoms with Gasteiger partial charge in [-0.2, -0.15) is 0 Å². The van der Waals surface area contributed by atoms with Crippen LogP contribution in [0.2, 0.25) is 0 Å². The zero-order chi connectivity index (χ0) is 18.7. The van der Waals surface area contributed by atoms with Crippen LogP contribution in [0.4, 0.5) is 0 Å². The molecule has 0 saturated heterocycles. The molecule has 138 valence electrons. The van der Waals surface area contributed by atoms with Gasteiger partial charge in [0.05, 0.1) is 11.3 Å². The van der Waals surface area contributed by atoms with E-state index in [4.69, 9.17) is 0 Å². The predicted octanol–water partition coefficient (Wildman–Crippen LogP) is 2.50. The van der Waals surface area contributed by atoms with Crippen LogP contribution < -0.4 is 4.72 Å². The third-order valence-corrected chi connectivity index (χ3v) is 6.10. The molecular weight excluding hydrogens is 348 g/mol. The highest BCUT2D eigenvalue weighted by atomic mass is 32.2. The quantitative estimate of drug-likeness (QED) is 0.877. The maximum absolute atomic E-state index is 12.6. The van der Waals surface area contributed by atoms with Crippen molar-refractivity contribution in [3.8, 4) is 0 Å². The molecule has 0 fully saturated rings. The highest BCUT2D eigenvalue weighted by molar-refractivity contribution is 7.89. The van der Waals surface area contributed by atoms with Gasteiger partial charge in [0.2, 0.25) is 15.9 Å². The molecular formula is C20H24N2O3S. The first-order chi connectivity index (χ1) is 12.3. The Balaban J connectivity index is 1.77. The molecule has 0 bridgehead atoms. The van der Waals surface area contributed by atoms with Crippen LogP contribution in [0.5, 0.6) is 0 Å². The molecule has 6 heteroatoms. The molecule has 5 nitrogen and oxygen atoms in total. The number of amides is 1. The maximum atomic E-state index is 12.6. The Hall–Kier alpha value is -2.18. The second-order valence-corrected chi connectivity index (χ2v) is 8.65. The molecule has 0 spiro atoms. The molecule has 1 aliphatic rings. The summed E-state index contributed by atoms with van der Waals surface area (Å²) >= 11 is 0. The van der Waals surface area contributed by atoms with E-state index in [0.717, 1.165) is 23.1 Å². The molecule has 1 heterocycles. The molecule has 26 heavy (non-hydrogen) atoms. The van der Waals surface area contributed by atoms with Gasteiger partial charge in [-0.1, -0.05) is 36.4 Å². The molecule has 2 aromatic rings. The number of carbonyl (C=O) groups excluding carboxylic acids is 1. The number of hydrogen-bond donors (Lipinski definition) is 1. The number of nitrogens with one attached hydrogen (secondary N) is 1. The number of nitrogens with zero attached hydrogens (tertiary/aromatic N) is 1. The largest absolute Gasteiger partial charge is 0.338 e. The van der Waals surface area contributed by atoms with Crippen molar-refractivity contribution < 1.29 is 13.2 Å². The molecule has 0 aromatic heterocycles. The third kappa shape index (κ3) is 4.31. The number of fused-ring (bicyclic) bond motifs is 1. The standard InChI is InChI=1S/C20H24N2O3S/c1-15(2)21-26(24,25)19-9-8-17-10-11-22(14-18(17)13-19)20(23)12-16-6-4-3-5-7-16/h3-9,13,15,21H,10-12,14H2,1-2H3. The topological polar surface area (TPSA) is 66.5 Å². The summed E-state index contributed by atoms with van der Waals surface area (Å²) in [7, 11) is -3.53. The van der Waals surface area contributed by atoms with Crippen molar-refractivity contribution in [1.82, 2.24) is 9.62 Å². The molecule has 1 N–H and O–H groups in total. The fraction of sp³-hybridized carbons (Fsp3) is 0.350. The van der Waals surface area contributed by atoms with Gasteiger partial charge in [0.15, 0.2) is 0 Å². The minimum Gasteiger partial charge on any atom is -0.338 e. The van der Waals surface area contributed by atoms with Crippen molar-refractivity contribution in [3.63, 3.8) is 0 Å². The average Bonchev–Trinajstić information content (AvgIpc) is 2.60. The molecule has 3 rings (SSSR count). The smallest absolute Gasteiger partial charge is 0.240 e. The maximum Gasteiger partial charge on any atom is 0.240 e. The van der Waals surface area contributed by atoms with Crippen LogP contribution in [0.25, 0.3) is 0 Å². The first-order valence-corrected chi connectivity index (χ1v) is 10.3. The lowest BCUT2D eigenvalue weighted by atomic mass is 9.99. The lowest BCUT2D eigenvalue weighted by Crippen LogP contribution is -2.37. The Labute approximate surface area is 155 Å². The fourth-order valence-corrected chi connectivity index (χ4v) is 4.48. The van der Waals surface area contributed by atoms with Crippen molar-refractivity contribution in [2.75, 3.05) is 6.54 Å². The van der Waals surface area contributed by atoms with Crippen LogP contribution in [0.1, 0.15) is 30.5 Å². The summed E-state index contributed by atoms with van der Waals surface area (Å²) in [5.74, 6) is 0.0652. The molecule has 0 aliphatic carbocycles. The van der Waals surface area contributed by atoms with E-state index in [1.54, 1.807) is 26.0 Å². The molecule has 0 saturated carbocycles. The third-order valence-electron chi connectivity index (χ3n) is 4.44. The number of rotatable bonds is 5. The van der Waals surface area contributed by atoms with Crippen molar-refractivity contribution in [2.45, 2.75) is 44.2 Å². The van der Waals surface area contributed by atoms with Gasteiger partial charge in [-0.3, -0.25) is 4.79 Å². The lowest BCUT2D eigenvalue weighted by molar-refractivity contribution is -0.131. The molecule has 1 amide bonds. The van der Waals surface area contributed by atoms with Gasteiger partial charge >= 0.3 is 0 Å². The van der Waals surface area contributed by atoms with Crippen LogP contribution in [0.3, 0.4) is 0 Å². The summed E-state index contributed by atoms with van der Waals surface area (Å²) in [5.41, 5.74) is 3.00. The molecule has 0 atom stereocenters. The van der Waals surface area contributed by atoms with Crippen LogP contribution in [0, 0.1) is 0 Å². The molecule has 2 aromatic carbocycles. The normalized spacial score (nSPS) is 14.3. The van der Waals surface area contributed by atoms with Gasteiger partial charge in [-0.15, -0.1) is 0 Å². The highest BCUT2D eigenvalue weighted by Gasteiger charge is 2.23. The lowest BCUT2D eigenvalue weighted by Gasteiger charge is -2.29. The van der Waals surface area contributed by atoms with Crippen molar-refractivity contribution in [2.24, 2.45) is 0 Å². The van der Waals surface area contributed by atoms with E-state index in [0.29, 0.717) is 19.5 Å². The monoisotopic (exact) mass is 372 g/mol. The first-order valence-electron chi connectivity index (χ1n) is 8.81. The highest BCUT2D eigenvalue weighted by Crippen LogP contribution is 2.23. The summed E-state index contributed by atoms with van der Waals surface area (Å²) < 4.78 is 27.4. The first kappa shape index (κ1) is 18.6. The van der Waals surface area contributed by atoms with E-state index >= 15 is 0 Å². The molecule has 0 unspecified atom stereocenters. The van der Waals surface area contributed by atoms with Gasteiger partial charge in [0.25, 0.3) is 0 Å². The summed E-state index contributed by atoms with van der Waals surface area (Å²) in [6.07, 6.45) is 1.11. The summed E-state index contributed by atoms with van der Waals surface area (Å²) in [6, 6.07) is 14.7. The molecule has 1 aliphatic heterocycles. The zero-order valence-electron chi connectivity index (χ0n) is 15.1. The van der Waals surface area contributed by atoms with E-state index in [9.17, 15) is 13.2 Å². The number of hydrogen-bond acceptors (Lipinski definition) is 3. The summed E-state index contributed by atoms with van der Waals surface area (Å²) in [6.45, 7) is 4.70. The zero-order valence-corrected chi connectivity index (χ0v) is 15.9. The second kappa shape index (κ2) is 7.60. The Morgan fingerprint density at radius 2 is 1.85 bits per heavy atom. The van der Waals surface area contributed by atoms with Crippen LogP contribution in [0.15, 0.2) is 53.4 Å². The van der Waals surface area contributed by atoms with Gasteiger partial charge < -0.3 is 4.90 Å². The van der Waals surface area contributed by atoms with Crippen LogP contribution >= 0.6 is 0 Å². The fourth-order valence-electron chi connectivity index (χ4n) is 3.17. The van der Waals surface area contributed by atoms with Gasteiger partial charge in [0, 0.05) is 19.1 Å². The van der Waals surface area contributed by atoms with E-state index in [1.807, 2.05) is 41.3 Å². The van der Waals surface area contributed by atoms with E-state index in [1.165, 1.54) is 0 Å². The van der Waals surface area contributed by atoms with E-state index in [-0.39, 0.29) is 16.8 Å². The van der Waals surface area contributed by atoms with Crippen LogP contribution in [-0.4, -0.2) is 31.8 Å². The Morgan fingerprint density at radius 3 is 2.54 bits per heavy atom. The van der Waals surface area contributed by atoms with Crippen LogP contribution in [-0.2, 0) is 34.2 Å². The average molecular weight is 372 g/mol.